The molecule has 2 aliphatic heterocycles. The summed E-state index contributed by atoms with van der Waals surface area (Å²) in [6, 6.07) is 1.60. The minimum absolute atomic E-state index is 0.0150. The summed E-state index contributed by atoms with van der Waals surface area (Å²) in [5.74, 6) is 1.89. The van der Waals surface area contributed by atoms with Gasteiger partial charge >= 0.3 is 5.00 Å². The normalized spacial score (nSPS) is 24.5. The molecule has 0 bridgehead atoms. The number of nitro groups is 1. The van der Waals surface area contributed by atoms with Crippen LogP contribution in [0.5, 0.6) is 0 Å². The Labute approximate surface area is 137 Å². The number of ether oxygens (including phenoxy) is 1. The lowest BCUT2D eigenvalue weighted by molar-refractivity contribution is -0.380. The molecule has 6 nitrogen and oxygen atoms in total. The van der Waals surface area contributed by atoms with Crippen molar-refractivity contribution in [1.29, 1.82) is 0 Å². The molecule has 0 aromatic carbocycles. The largest absolute Gasteiger partial charge is 0.376 e. The number of carbonyl (C=O) groups is 1. The number of rotatable bonds is 5. The van der Waals surface area contributed by atoms with Crippen LogP contribution in [-0.2, 0) is 4.74 Å². The Kier molecular flexibility index (Phi) is 5.00. The smallest absolute Gasteiger partial charge is 0.324 e. The van der Waals surface area contributed by atoms with Crippen LogP contribution in [0.25, 0.3) is 0 Å². The van der Waals surface area contributed by atoms with Gasteiger partial charge in [-0.05, 0) is 25.0 Å². The molecule has 22 heavy (non-hydrogen) atoms. The summed E-state index contributed by atoms with van der Waals surface area (Å²) in [7, 11) is 0. The topological polar surface area (TPSA) is 72.7 Å². The molecule has 3 heterocycles. The first-order valence-corrected chi connectivity index (χ1v) is 9.42. The summed E-state index contributed by atoms with van der Waals surface area (Å²) in [4.78, 5) is 25.0. The fourth-order valence-corrected chi connectivity index (χ4v) is 4.79. The minimum atomic E-state index is -0.447. The molecular weight excluding hydrogens is 324 g/mol. The van der Waals surface area contributed by atoms with Gasteiger partial charge in [0.1, 0.15) is 0 Å². The standard InChI is InChI=1S/C14H18N2O4S2/c17-14(10-6-13(16(18)19)22-8-10)15(11-3-5-21-9-11)7-12-2-1-4-20-12/h6,8,11-12H,1-5,7,9H2/t11-,12+/m0/s1. The predicted molar refractivity (Wildman–Crippen MR) is 86.7 cm³/mol. The van der Waals surface area contributed by atoms with Crippen LogP contribution < -0.4 is 0 Å². The first kappa shape index (κ1) is 15.8. The summed E-state index contributed by atoms with van der Waals surface area (Å²) < 4.78 is 5.67. The van der Waals surface area contributed by atoms with E-state index >= 15 is 0 Å². The molecule has 0 unspecified atom stereocenters. The van der Waals surface area contributed by atoms with Crippen molar-refractivity contribution in [3.05, 3.63) is 27.1 Å². The zero-order chi connectivity index (χ0) is 15.5. The van der Waals surface area contributed by atoms with Gasteiger partial charge in [0.25, 0.3) is 5.91 Å². The van der Waals surface area contributed by atoms with Gasteiger partial charge in [-0.3, -0.25) is 14.9 Å². The molecule has 2 atom stereocenters. The van der Waals surface area contributed by atoms with Gasteiger partial charge in [-0.2, -0.15) is 11.8 Å². The summed E-state index contributed by atoms with van der Waals surface area (Å²) in [6.45, 7) is 1.35. The molecule has 2 saturated heterocycles. The molecule has 120 valence electrons. The molecule has 1 aromatic heterocycles. The molecule has 8 heteroatoms. The summed E-state index contributed by atoms with van der Waals surface area (Å²) >= 11 is 2.86. The van der Waals surface area contributed by atoms with E-state index in [4.69, 9.17) is 4.74 Å². The Hall–Kier alpha value is -1.12. The Morgan fingerprint density at radius 3 is 2.95 bits per heavy atom. The number of thioether (sulfide) groups is 1. The van der Waals surface area contributed by atoms with E-state index in [2.05, 4.69) is 0 Å². The average molecular weight is 342 g/mol. The van der Waals surface area contributed by atoms with E-state index in [1.165, 1.54) is 6.07 Å². The lowest BCUT2D eigenvalue weighted by Gasteiger charge is -2.30. The van der Waals surface area contributed by atoms with Gasteiger partial charge in [0.15, 0.2) is 0 Å². The van der Waals surface area contributed by atoms with E-state index in [0.29, 0.717) is 12.1 Å². The molecule has 2 fully saturated rings. The lowest BCUT2D eigenvalue weighted by atomic mass is 10.1. The van der Waals surface area contributed by atoms with E-state index in [-0.39, 0.29) is 23.1 Å². The van der Waals surface area contributed by atoms with Crippen LogP contribution in [0.4, 0.5) is 5.00 Å². The van der Waals surface area contributed by atoms with E-state index in [1.807, 2.05) is 16.7 Å². The van der Waals surface area contributed by atoms with Gasteiger partial charge in [0, 0.05) is 36.4 Å². The average Bonchev–Trinajstić information content (AvgIpc) is 3.24. The van der Waals surface area contributed by atoms with Crippen molar-refractivity contribution in [2.24, 2.45) is 0 Å². The molecular formula is C14H18N2O4S2. The van der Waals surface area contributed by atoms with Gasteiger partial charge < -0.3 is 9.64 Å². The van der Waals surface area contributed by atoms with Crippen molar-refractivity contribution in [3.63, 3.8) is 0 Å². The Morgan fingerprint density at radius 1 is 1.50 bits per heavy atom. The van der Waals surface area contributed by atoms with Crippen molar-refractivity contribution < 1.29 is 14.5 Å². The zero-order valence-electron chi connectivity index (χ0n) is 12.1. The van der Waals surface area contributed by atoms with Crippen molar-refractivity contribution in [3.8, 4) is 0 Å². The first-order valence-electron chi connectivity index (χ1n) is 7.38. The Bertz CT molecular complexity index is 551. The molecule has 1 amide bonds. The van der Waals surface area contributed by atoms with E-state index < -0.39 is 4.92 Å². The highest BCUT2D eigenvalue weighted by atomic mass is 32.2. The summed E-state index contributed by atoms with van der Waals surface area (Å²) in [5.41, 5.74) is 0.423. The lowest BCUT2D eigenvalue weighted by Crippen LogP contribution is -2.44. The fourth-order valence-electron chi connectivity index (χ4n) is 2.87. The van der Waals surface area contributed by atoms with Crippen molar-refractivity contribution >= 4 is 34.0 Å². The van der Waals surface area contributed by atoms with Gasteiger partial charge in [0.2, 0.25) is 0 Å². The van der Waals surface area contributed by atoms with Gasteiger partial charge in [-0.15, -0.1) is 0 Å². The molecule has 0 aliphatic carbocycles. The van der Waals surface area contributed by atoms with Crippen LogP contribution in [0.3, 0.4) is 0 Å². The minimum Gasteiger partial charge on any atom is -0.376 e. The monoisotopic (exact) mass is 342 g/mol. The first-order chi connectivity index (χ1) is 10.6. The second-order valence-electron chi connectivity index (χ2n) is 5.54. The van der Waals surface area contributed by atoms with E-state index in [0.717, 1.165) is 48.7 Å². The predicted octanol–water partition coefficient (Wildman–Crippen LogP) is 2.78. The number of thiophene rings is 1. The summed E-state index contributed by atoms with van der Waals surface area (Å²) in [5, 5.41) is 12.4. The third-order valence-electron chi connectivity index (χ3n) is 4.04. The number of hydrogen-bond donors (Lipinski definition) is 0. The number of carbonyl (C=O) groups excluding carboxylic acids is 1. The maximum atomic E-state index is 12.8. The van der Waals surface area contributed by atoms with E-state index in [1.54, 1.807) is 5.38 Å². The highest BCUT2D eigenvalue weighted by Crippen LogP contribution is 2.28. The van der Waals surface area contributed by atoms with Crippen LogP contribution in [-0.4, -0.2) is 52.5 Å². The molecule has 0 N–H and O–H groups in total. The van der Waals surface area contributed by atoms with Crippen LogP contribution >= 0.6 is 23.1 Å². The zero-order valence-corrected chi connectivity index (χ0v) is 13.7. The molecule has 0 radical (unpaired) electrons. The third kappa shape index (κ3) is 3.44. The van der Waals surface area contributed by atoms with E-state index in [9.17, 15) is 14.9 Å². The molecule has 0 spiro atoms. The number of nitrogens with zero attached hydrogens (tertiary/aromatic N) is 2. The highest BCUT2D eigenvalue weighted by molar-refractivity contribution is 7.99. The molecule has 2 aliphatic rings. The van der Waals surface area contributed by atoms with Crippen LogP contribution in [0, 0.1) is 10.1 Å². The van der Waals surface area contributed by atoms with Crippen LogP contribution in [0.1, 0.15) is 29.6 Å². The van der Waals surface area contributed by atoms with Crippen LogP contribution in [0.15, 0.2) is 11.4 Å². The maximum Gasteiger partial charge on any atom is 0.324 e. The van der Waals surface area contributed by atoms with Crippen molar-refractivity contribution in [2.75, 3.05) is 24.7 Å². The van der Waals surface area contributed by atoms with Gasteiger partial charge in [0.05, 0.1) is 16.6 Å². The SMILES string of the molecule is O=C(c1csc([N+](=O)[O-])c1)N(C[C@H]1CCCO1)[C@H]1CCSC1. The second-order valence-corrected chi connectivity index (χ2v) is 7.58. The quantitative estimate of drug-likeness (QED) is 0.608. The number of amides is 1. The second kappa shape index (κ2) is 6.97. The maximum absolute atomic E-state index is 12.8. The van der Waals surface area contributed by atoms with Gasteiger partial charge in [-0.25, -0.2) is 0 Å². The Morgan fingerprint density at radius 2 is 2.36 bits per heavy atom. The van der Waals surface area contributed by atoms with Gasteiger partial charge in [-0.1, -0.05) is 11.3 Å². The number of hydrogen-bond acceptors (Lipinski definition) is 6. The Balaban J connectivity index is 1.76. The molecule has 3 rings (SSSR count). The third-order valence-corrected chi connectivity index (χ3v) is 6.07. The molecule has 1 aromatic rings. The molecule has 0 saturated carbocycles. The highest BCUT2D eigenvalue weighted by Gasteiger charge is 2.32. The van der Waals surface area contributed by atoms with Crippen molar-refractivity contribution in [1.82, 2.24) is 4.90 Å². The van der Waals surface area contributed by atoms with Crippen molar-refractivity contribution in [2.45, 2.75) is 31.4 Å². The summed E-state index contributed by atoms with van der Waals surface area (Å²) in [6.07, 6.45) is 3.10. The fraction of sp³-hybridized carbons (Fsp3) is 0.643. The van der Waals surface area contributed by atoms with Crippen LogP contribution in [0.2, 0.25) is 0 Å².